The topological polar surface area (TPSA) is 98.3 Å². The summed E-state index contributed by atoms with van der Waals surface area (Å²) < 4.78 is 14.6. The normalized spacial score (nSPS) is 13.1. The van der Waals surface area contributed by atoms with Crippen LogP contribution in [0.15, 0.2) is 53.6 Å². The van der Waals surface area contributed by atoms with Gasteiger partial charge in [-0.15, -0.1) is 0 Å². The van der Waals surface area contributed by atoms with Crippen LogP contribution in [0.3, 0.4) is 0 Å². The molecule has 0 fully saturated rings. The standard InChI is InChI=1S/C22H19FN4O3/c1-13-3-2-9-25-19(13)22(30)26-10-8-17-14(11-26)12-27(21(29)18(17)20(24)28)16-6-4-15(23)5-7-16/h2-7,9,12H,8,10-11H2,1H3,(H2,24,28). The third kappa shape index (κ3) is 3.36. The fraction of sp³-hybridized carbons (Fsp3) is 0.182. The molecule has 7 nitrogen and oxygen atoms in total. The molecule has 1 aromatic carbocycles. The summed E-state index contributed by atoms with van der Waals surface area (Å²) in [5, 5.41) is 0. The van der Waals surface area contributed by atoms with E-state index < -0.39 is 17.3 Å². The highest BCUT2D eigenvalue weighted by Gasteiger charge is 2.28. The first-order valence-electron chi connectivity index (χ1n) is 9.41. The Labute approximate surface area is 171 Å². The maximum Gasteiger partial charge on any atom is 0.273 e. The number of aryl methyl sites for hydroxylation is 1. The molecule has 2 N–H and O–H groups in total. The molecule has 30 heavy (non-hydrogen) atoms. The zero-order valence-electron chi connectivity index (χ0n) is 16.3. The number of primary amides is 1. The van der Waals surface area contributed by atoms with Crippen LogP contribution in [0.4, 0.5) is 4.39 Å². The number of nitrogens with zero attached hydrogens (tertiary/aromatic N) is 3. The average molecular weight is 406 g/mol. The smallest absolute Gasteiger partial charge is 0.273 e. The second-order valence-electron chi connectivity index (χ2n) is 7.17. The van der Waals surface area contributed by atoms with Crippen LogP contribution >= 0.6 is 0 Å². The molecule has 152 valence electrons. The van der Waals surface area contributed by atoms with Crippen molar-refractivity contribution in [1.82, 2.24) is 14.5 Å². The zero-order valence-corrected chi connectivity index (χ0v) is 16.3. The summed E-state index contributed by atoms with van der Waals surface area (Å²) in [5.41, 5.74) is 7.57. The molecule has 2 aromatic heterocycles. The third-order valence-electron chi connectivity index (χ3n) is 5.25. The predicted octanol–water partition coefficient (Wildman–Crippen LogP) is 1.98. The van der Waals surface area contributed by atoms with Crippen LogP contribution in [0.1, 0.15) is 37.5 Å². The lowest BCUT2D eigenvalue weighted by Crippen LogP contribution is -2.40. The van der Waals surface area contributed by atoms with E-state index in [1.54, 1.807) is 23.4 Å². The van der Waals surface area contributed by atoms with Gasteiger partial charge in [-0.1, -0.05) is 6.07 Å². The molecule has 0 aliphatic carbocycles. The molecule has 0 saturated carbocycles. The lowest BCUT2D eigenvalue weighted by Gasteiger charge is -2.30. The molecule has 0 bridgehead atoms. The molecule has 0 unspecified atom stereocenters. The van der Waals surface area contributed by atoms with Gasteiger partial charge in [0.1, 0.15) is 17.1 Å². The van der Waals surface area contributed by atoms with Gasteiger partial charge in [0.05, 0.1) is 0 Å². The fourth-order valence-electron chi connectivity index (χ4n) is 3.74. The van der Waals surface area contributed by atoms with E-state index in [0.29, 0.717) is 35.5 Å². The van der Waals surface area contributed by atoms with Gasteiger partial charge >= 0.3 is 0 Å². The number of halogens is 1. The van der Waals surface area contributed by atoms with E-state index in [-0.39, 0.29) is 18.0 Å². The number of pyridine rings is 2. The average Bonchev–Trinajstić information content (AvgIpc) is 2.73. The van der Waals surface area contributed by atoms with Gasteiger partial charge in [0.15, 0.2) is 0 Å². The fourth-order valence-corrected chi connectivity index (χ4v) is 3.74. The van der Waals surface area contributed by atoms with Crippen molar-refractivity contribution in [2.45, 2.75) is 19.9 Å². The van der Waals surface area contributed by atoms with Crippen molar-refractivity contribution in [3.63, 3.8) is 0 Å². The van der Waals surface area contributed by atoms with Crippen LogP contribution in [0.2, 0.25) is 0 Å². The number of benzene rings is 1. The summed E-state index contributed by atoms with van der Waals surface area (Å²) in [6.45, 7) is 2.35. The molecular formula is C22H19FN4O3. The van der Waals surface area contributed by atoms with Gasteiger partial charge in [-0.25, -0.2) is 4.39 Å². The van der Waals surface area contributed by atoms with E-state index in [9.17, 15) is 18.8 Å². The lowest BCUT2D eigenvalue weighted by molar-refractivity contribution is 0.0727. The van der Waals surface area contributed by atoms with Crippen LogP contribution in [-0.4, -0.2) is 32.8 Å². The molecular weight excluding hydrogens is 387 g/mol. The molecule has 3 aromatic rings. The molecule has 4 rings (SSSR count). The largest absolute Gasteiger partial charge is 0.365 e. The van der Waals surface area contributed by atoms with Gasteiger partial charge in [0.25, 0.3) is 17.4 Å². The minimum absolute atomic E-state index is 0.0991. The first kappa shape index (κ1) is 19.5. The third-order valence-corrected chi connectivity index (χ3v) is 5.25. The van der Waals surface area contributed by atoms with Crippen LogP contribution in [0.25, 0.3) is 5.69 Å². The zero-order chi connectivity index (χ0) is 21.4. The second-order valence-corrected chi connectivity index (χ2v) is 7.17. The van der Waals surface area contributed by atoms with Crippen molar-refractivity contribution in [3.8, 4) is 5.69 Å². The molecule has 2 amide bonds. The van der Waals surface area contributed by atoms with E-state index in [4.69, 9.17) is 5.73 Å². The van der Waals surface area contributed by atoms with Crippen molar-refractivity contribution in [2.24, 2.45) is 5.73 Å². The highest BCUT2D eigenvalue weighted by molar-refractivity contribution is 5.95. The summed E-state index contributed by atoms with van der Waals surface area (Å²) in [5.74, 6) is -1.49. The number of nitrogens with two attached hydrogens (primary N) is 1. The van der Waals surface area contributed by atoms with E-state index in [0.717, 1.165) is 5.56 Å². The molecule has 3 heterocycles. The Morgan fingerprint density at radius 1 is 1.17 bits per heavy atom. The Morgan fingerprint density at radius 2 is 1.90 bits per heavy atom. The number of carbonyl (C=O) groups excluding carboxylic acids is 2. The van der Waals surface area contributed by atoms with E-state index in [1.807, 2.05) is 13.0 Å². The highest BCUT2D eigenvalue weighted by Crippen LogP contribution is 2.23. The first-order valence-corrected chi connectivity index (χ1v) is 9.41. The number of amides is 2. The summed E-state index contributed by atoms with van der Waals surface area (Å²) in [6.07, 6.45) is 3.47. The number of fused-ring (bicyclic) bond motifs is 1. The van der Waals surface area contributed by atoms with E-state index in [2.05, 4.69) is 4.98 Å². The number of aromatic nitrogens is 2. The monoisotopic (exact) mass is 406 g/mol. The van der Waals surface area contributed by atoms with E-state index >= 15 is 0 Å². The molecule has 1 aliphatic rings. The summed E-state index contributed by atoms with van der Waals surface area (Å²) in [7, 11) is 0. The Morgan fingerprint density at radius 3 is 2.57 bits per heavy atom. The summed E-state index contributed by atoms with van der Waals surface area (Å²) in [6, 6.07) is 8.91. The van der Waals surface area contributed by atoms with Crippen LogP contribution in [0.5, 0.6) is 0 Å². The predicted molar refractivity (Wildman–Crippen MR) is 108 cm³/mol. The van der Waals surface area contributed by atoms with Crippen LogP contribution in [0, 0.1) is 12.7 Å². The van der Waals surface area contributed by atoms with Crippen molar-refractivity contribution in [3.05, 3.63) is 92.9 Å². The van der Waals surface area contributed by atoms with Crippen molar-refractivity contribution >= 4 is 11.8 Å². The number of rotatable bonds is 3. The first-order chi connectivity index (χ1) is 14.4. The number of hydrogen-bond donors (Lipinski definition) is 1. The molecule has 0 spiro atoms. The van der Waals surface area contributed by atoms with Gasteiger partial charge in [-0.2, -0.15) is 0 Å². The quantitative estimate of drug-likeness (QED) is 0.719. The molecule has 1 aliphatic heterocycles. The maximum atomic E-state index is 13.3. The Kier molecular flexibility index (Phi) is 4.91. The second kappa shape index (κ2) is 7.55. The maximum absolute atomic E-state index is 13.3. The SMILES string of the molecule is Cc1cccnc1C(=O)N1CCc2c(cn(-c3ccc(F)cc3)c(=O)c2C(N)=O)C1. The highest BCUT2D eigenvalue weighted by atomic mass is 19.1. The Bertz CT molecular complexity index is 1220. The molecule has 8 heteroatoms. The van der Waals surface area contributed by atoms with E-state index in [1.165, 1.54) is 28.8 Å². The Balaban J connectivity index is 1.79. The lowest BCUT2D eigenvalue weighted by atomic mass is 9.95. The summed E-state index contributed by atoms with van der Waals surface area (Å²) in [4.78, 5) is 43.8. The van der Waals surface area contributed by atoms with Gasteiger partial charge in [-0.3, -0.25) is 23.9 Å². The molecule has 0 radical (unpaired) electrons. The van der Waals surface area contributed by atoms with Gasteiger partial charge in [0, 0.05) is 31.2 Å². The van der Waals surface area contributed by atoms with Crippen molar-refractivity contribution < 1.29 is 14.0 Å². The van der Waals surface area contributed by atoms with Gasteiger partial charge in [-0.05, 0) is 60.4 Å². The van der Waals surface area contributed by atoms with Crippen molar-refractivity contribution in [2.75, 3.05) is 6.54 Å². The van der Waals surface area contributed by atoms with Crippen LogP contribution in [-0.2, 0) is 13.0 Å². The Hall–Kier alpha value is -3.81. The minimum atomic E-state index is -0.826. The summed E-state index contributed by atoms with van der Waals surface area (Å²) >= 11 is 0. The number of hydrogen-bond acceptors (Lipinski definition) is 4. The van der Waals surface area contributed by atoms with Gasteiger partial charge < -0.3 is 10.6 Å². The van der Waals surface area contributed by atoms with Crippen molar-refractivity contribution in [1.29, 1.82) is 0 Å². The van der Waals surface area contributed by atoms with Gasteiger partial charge in [0.2, 0.25) is 0 Å². The van der Waals surface area contributed by atoms with Crippen LogP contribution < -0.4 is 11.3 Å². The number of carbonyl (C=O) groups is 2. The molecule has 0 saturated heterocycles. The molecule has 0 atom stereocenters. The minimum Gasteiger partial charge on any atom is -0.365 e.